The molecule has 0 unspecified atom stereocenters. The molecule has 1 aromatic rings. The van der Waals surface area contributed by atoms with Gasteiger partial charge < -0.3 is 4.74 Å². The zero-order valence-corrected chi connectivity index (χ0v) is 9.98. The summed E-state index contributed by atoms with van der Waals surface area (Å²) in [6.07, 6.45) is 2.83. The van der Waals surface area contributed by atoms with Gasteiger partial charge in [0.2, 0.25) is 5.88 Å². The van der Waals surface area contributed by atoms with Crippen LogP contribution in [0.25, 0.3) is 0 Å². The second-order valence-corrected chi connectivity index (χ2v) is 4.27. The number of thioether (sulfide) groups is 1. The number of nitrogens with zero attached hydrogens (tertiary/aromatic N) is 2. The minimum Gasteiger partial charge on any atom is -0.480 e. The van der Waals surface area contributed by atoms with Gasteiger partial charge in [-0.1, -0.05) is 18.7 Å². The molecule has 0 spiro atoms. The first-order valence-corrected chi connectivity index (χ1v) is 5.75. The van der Waals surface area contributed by atoms with Gasteiger partial charge in [0, 0.05) is 11.9 Å². The molecule has 0 aliphatic carbocycles. The smallest absolute Gasteiger partial charge is 0.231 e. The Kier molecular flexibility index (Phi) is 4.52. The van der Waals surface area contributed by atoms with Crippen LogP contribution >= 0.6 is 27.7 Å². The molecule has 0 saturated carbocycles. The molecule has 5 heteroatoms. The van der Waals surface area contributed by atoms with Gasteiger partial charge in [0.1, 0.15) is 0 Å². The number of halogens is 1. The lowest BCUT2D eigenvalue weighted by molar-refractivity contribution is 0.389. The van der Waals surface area contributed by atoms with Crippen molar-refractivity contribution in [2.75, 3.05) is 12.9 Å². The van der Waals surface area contributed by atoms with E-state index in [2.05, 4.69) is 32.8 Å². The first-order valence-electron chi connectivity index (χ1n) is 3.97. The van der Waals surface area contributed by atoms with Crippen molar-refractivity contribution in [3.05, 3.63) is 10.7 Å². The van der Waals surface area contributed by atoms with Crippen LogP contribution in [0.2, 0.25) is 0 Å². The van der Waals surface area contributed by atoms with E-state index in [0.29, 0.717) is 5.88 Å². The summed E-state index contributed by atoms with van der Waals surface area (Å²) in [5.41, 5.74) is 0. The van der Waals surface area contributed by atoms with Crippen molar-refractivity contribution in [3.63, 3.8) is 0 Å². The fourth-order valence-electron chi connectivity index (χ4n) is 0.742. The van der Waals surface area contributed by atoms with Gasteiger partial charge in [-0.25, -0.2) is 4.98 Å². The maximum atomic E-state index is 5.05. The predicted molar refractivity (Wildman–Crippen MR) is 57.3 cm³/mol. The fourth-order valence-corrected chi connectivity index (χ4v) is 1.76. The van der Waals surface area contributed by atoms with Crippen molar-refractivity contribution in [3.8, 4) is 5.88 Å². The molecule has 0 radical (unpaired) electrons. The molecule has 1 heterocycles. The minimum atomic E-state index is 0.591. The van der Waals surface area contributed by atoms with Crippen LogP contribution in [0.4, 0.5) is 0 Å². The monoisotopic (exact) mass is 262 g/mol. The molecule has 72 valence electrons. The van der Waals surface area contributed by atoms with Crippen LogP contribution in [0.1, 0.15) is 13.3 Å². The molecule has 0 fully saturated rings. The van der Waals surface area contributed by atoms with Crippen LogP contribution in [0, 0.1) is 0 Å². The summed E-state index contributed by atoms with van der Waals surface area (Å²) < 4.78 is 5.84. The SMILES string of the molecule is CCCSc1ncc(Br)c(OC)n1. The molecule has 0 bridgehead atoms. The van der Waals surface area contributed by atoms with Crippen molar-refractivity contribution in [2.45, 2.75) is 18.5 Å². The first kappa shape index (κ1) is 10.8. The van der Waals surface area contributed by atoms with Crippen LogP contribution in [0.3, 0.4) is 0 Å². The van der Waals surface area contributed by atoms with E-state index in [9.17, 15) is 0 Å². The van der Waals surface area contributed by atoms with Crippen molar-refractivity contribution in [2.24, 2.45) is 0 Å². The standard InChI is InChI=1S/C8H11BrN2OS/c1-3-4-13-8-10-5-6(9)7(11-8)12-2/h5H,3-4H2,1-2H3. The van der Waals surface area contributed by atoms with Gasteiger partial charge in [0.25, 0.3) is 0 Å². The van der Waals surface area contributed by atoms with E-state index in [1.54, 1.807) is 25.1 Å². The highest BCUT2D eigenvalue weighted by molar-refractivity contribution is 9.10. The Morgan fingerprint density at radius 2 is 2.38 bits per heavy atom. The van der Waals surface area contributed by atoms with Crippen LogP contribution in [-0.2, 0) is 0 Å². The summed E-state index contributed by atoms with van der Waals surface area (Å²) in [6.45, 7) is 2.13. The van der Waals surface area contributed by atoms with Crippen LogP contribution < -0.4 is 4.74 Å². The molecule has 0 amide bonds. The van der Waals surface area contributed by atoms with E-state index >= 15 is 0 Å². The van der Waals surface area contributed by atoms with E-state index in [-0.39, 0.29) is 0 Å². The largest absolute Gasteiger partial charge is 0.480 e. The third-order valence-electron chi connectivity index (χ3n) is 1.32. The molecule has 0 aliphatic heterocycles. The topological polar surface area (TPSA) is 35.0 Å². The highest BCUT2D eigenvalue weighted by Gasteiger charge is 2.04. The molecule has 0 aliphatic rings. The number of hydrogen-bond donors (Lipinski definition) is 0. The fraction of sp³-hybridized carbons (Fsp3) is 0.500. The summed E-state index contributed by atoms with van der Waals surface area (Å²) in [7, 11) is 1.60. The average Bonchev–Trinajstić information content (AvgIpc) is 2.16. The van der Waals surface area contributed by atoms with Gasteiger partial charge in [0.15, 0.2) is 5.16 Å². The second kappa shape index (κ2) is 5.44. The molecule has 13 heavy (non-hydrogen) atoms. The van der Waals surface area contributed by atoms with Gasteiger partial charge in [0.05, 0.1) is 11.6 Å². The zero-order valence-electron chi connectivity index (χ0n) is 7.58. The van der Waals surface area contributed by atoms with Gasteiger partial charge in [-0.15, -0.1) is 0 Å². The van der Waals surface area contributed by atoms with E-state index in [0.717, 1.165) is 21.8 Å². The highest BCUT2D eigenvalue weighted by Crippen LogP contribution is 2.24. The molecule has 3 nitrogen and oxygen atoms in total. The van der Waals surface area contributed by atoms with Gasteiger partial charge >= 0.3 is 0 Å². The van der Waals surface area contributed by atoms with Crippen molar-refractivity contribution in [1.29, 1.82) is 0 Å². The van der Waals surface area contributed by atoms with Gasteiger partial charge in [-0.2, -0.15) is 4.98 Å². The summed E-state index contributed by atoms with van der Waals surface area (Å²) in [4.78, 5) is 8.36. The molecular formula is C8H11BrN2OS. The predicted octanol–water partition coefficient (Wildman–Crippen LogP) is 2.75. The molecule has 1 aromatic heterocycles. The van der Waals surface area contributed by atoms with Crippen molar-refractivity contribution < 1.29 is 4.74 Å². The molecule has 0 aromatic carbocycles. The van der Waals surface area contributed by atoms with Crippen LogP contribution in [0.5, 0.6) is 5.88 Å². The quantitative estimate of drug-likeness (QED) is 0.618. The lowest BCUT2D eigenvalue weighted by atomic mass is 10.6. The van der Waals surface area contributed by atoms with E-state index in [1.807, 2.05) is 0 Å². The Bertz CT molecular complexity index is 283. The lowest BCUT2D eigenvalue weighted by Crippen LogP contribution is -1.93. The Morgan fingerprint density at radius 1 is 1.62 bits per heavy atom. The molecule has 0 saturated heterocycles. The maximum Gasteiger partial charge on any atom is 0.231 e. The number of hydrogen-bond acceptors (Lipinski definition) is 4. The zero-order chi connectivity index (χ0) is 9.68. The Balaban J connectivity index is 2.74. The third-order valence-corrected chi connectivity index (χ3v) is 2.93. The third kappa shape index (κ3) is 3.15. The van der Waals surface area contributed by atoms with Crippen molar-refractivity contribution in [1.82, 2.24) is 9.97 Å². The van der Waals surface area contributed by atoms with E-state index < -0.39 is 0 Å². The van der Waals surface area contributed by atoms with Crippen LogP contribution in [0.15, 0.2) is 15.8 Å². The molecule has 0 N–H and O–H groups in total. The lowest BCUT2D eigenvalue weighted by Gasteiger charge is -2.03. The number of aromatic nitrogens is 2. The van der Waals surface area contributed by atoms with Gasteiger partial charge in [-0.05, 0) is 22.4 Å². The second-order valence-electron chi connectivity index (χ2n) is 2.36. The number of methoxy groups -OCH3 is 1. The Hall–Kier alpha value is -0.290. The first-order chi connectivity index (χ1) is 6.27. The summed E-state index contributed by atoms with van der Waals surface area (Å²) in [6, 6.07) is 0. The van der Waals surface area contributed by atoms with E-state index in [4.69, 9.17) is 4.74 Å². The summed E-state index contributed by atoms with van der Waals surface area (Å²) in [5.74, 6) is 1.62. The summed E-state index contributed by atoms with van der Waals surface area (Å²) in [5, 5.41) is 0.766. The number of rotatable bonds is 4. The highest BCUT2D eigenvalue weighted by atomic mass is 79.9. The average molecular weight is 263 g/mol. The van der Waals surface area contributed by atoms with Gasteiger partial charge in [-0.3, -0.25) is 0 Å². The number of ether oxygens (including phenoxy) is 1. The van der Waals surface area contributed by atoms with Crippen molar-refractivity contribution >= 4 is 27.7 Å². The Labute approximate surface area is 90.4 Å². The minimum absolute atomic E-state index is 0.591. The van der Waals surface area contributed by atoms with Crippen LogP contribution in [-0.4, -0.2) is 22.8 Å². The summed E-state index contributed by atoms with van der Waals surface area (Å²) >= 11 is 4.94. The Morgan fingerprint density at radius 3 is 3.00 bits per heavy atom. The maximum absolute atomic E-state index is 5.05. The molecular weight excluding hydrogens is 252 g/mol. The normalized spacial score (nSPS) is 10.1. The molecule has 0 atom stereocenters. The molecule has 1 rings (SSSR count). The van der Waals surface area contributed by atoms with E-state index in [1.165, 1.54) is 0 Å².